The maximum absolute atomic E-state index is 12.2. The van der Waals surface area contributed by atoms with Crippen LogP contribution < -0.4 is 0 Å². The van der Waals surface area contributed by atoms with Crippen molar-refractivity contribution in [2.75, 3.05) is 39.9 Å². The number of esters is 1. The van der Waals surface area contributed by atoms with E-state index in [1.165, 1.54) is 19.6 Å². The SMILES string of the molecule is COC(=O)c1ccc(C=NOCC(=O)N2CCN(C(=O)c3ccco3)CC2)cc1. The highest BCUT2D eigenvalue weighted by molar-refractivity contribution is 5.92. The second-order valence-electron chi connectivity index (χ2n) is 6.27. The molecule has 2 amide bonds. The zero-order valence-electron chi connectivity index (χ0n) is 15.9. The highest BCUT2D eigenvalue weighted by Gasteiger charge is 2.26. The van der Waals surface area contributed by atoms with Gasteiger partial charge in [-0.05, 0) is 29.8 Å². The average Bonchev–Trinajstić information content (AvgIpc) is 3.31. The molecule has 3 rings (SSSR count). The number of benzene rings is 1. The number of ether oxygens (including phenoxy) is 1. The standard InChI is InChI=1S/C20H21N3O6/c1-27-20(26)16-6-4-15(5-7-16)13-21-29-14-18(24)22-8-10-23(11-9-22)19(25)17-3-2-12-28-17/h2-7,12-13H,8-11,14H2,1H3. The average molecular weight is 399 g/mol. The third kappa shape index (κ3) is 5.22. The molecular formula is C20H21N3O6. The van der Waals surface area contributed by atoms with Gasteiger partial charge in [-0.2, -0.15) is 0 Å². The number of nitrogens with zero attached hydrogens (tertiary/aromatic N) is 3. The zero-order chi connectivity index (χ0) is 20.6. The van der Waals surface area contributed by atoms with E-state index in [0.717, 1.165) is 5.56 Å². The highest BCUT2D eigenvalue weighted by atomic mass is 16.6. The Labute approximate surface area is 167 Å². The minimum absolute atomic E-state index is 0.179. The lowest BCUT2D eigenvalue weighted by molar-refractivity contribution is -0.137. The third-order valence-corrected chi connectivity index (χ3v) is 4.45. The molecule has 1 aromatic heterocycles. The summed E-state index contributed by atoms with van der Waals surface area (Å²) in [5.41, 5.74) is 1.15. The van der Waals surface area contributed by atoms with Gasteiger partial charge in [0, 0.05) is 26.2 Å². The normalized spacial score (nSPS) is 14.1. The maximum atomic E-state index is 12.2. The van der Waals surface area contributed by atoms with Gasteiger partial charge in [-0.3, -0.25) is 9.59 Å². The van der Waals surface area contributed by atoms with Crippen molar-refractivity contribution < 1.29 is 28.4 Å². The Bertz CT molecular complexity index is 868. The molecule has 0 radical (unpaired) electrons. The Balaban J connectivity index is 1.40. The molecule has 0 unspecified atom stereocenters. The van der Waals surface area contributed by atoms with E-state index in [2.05, 4.69) is 9.89 Å². The fourth-order valence-corrected chi connectivity index (χ4v) is 2.82. The van der Waals surface area contributed by atoms with Crippen LogP contribution in [0.4, 0.5) is 0 Å². The minimum Gasteiger partial charge on any atom is -0.465 e. The van der Waals surface area contributed by atoms with Crippen LogP contribution in [0.5, 0.6) is 0 Å². The van der Waals surface area contributed by atoms with E-state index < -0.39 is 5.97 Å². The van der Waals surface area contributed by atoms with Crippen LogP contribution >= 0.6 is 0 Å². The van der Waals surface area contributed by atoms with Gasteiger partial charge in [0.05, 0.1) is 25.2 Å². The number of furan rings is 1. The van der Waals surface area contributed by atoms with E-state index in [-0.39, 0.29) is 18.4 Å². The molecule has 2 aromatic rings. The van der Waals surface area contributed by atoms with E-state index in [1.54, 1.807) is 46.2 Å². The van der Waals surface area contributed by atoms with Gasteiger partial charge in [0.1, 0.15) is 0 Å². The molecule has 1 saturated heterocycles. The molecule has 1 aliphatic rings. The van der Waals surface area contributed by atoms with Gasteiger partial charge < -0.3 is 23.8 Å². The van der Waals surface area contributed by atoms with Gasteiger partial charge >= 0.3 is 5.97 Å². The number of rotatable bonds is 6. The fourth-order valence-electron chi connectivity index (χ4n) is 2.82. The van der Waals surface area contributed by atoms with E-state index in [0.29, 0.717) is 37.5 Å². The van der Waals surface area contributed by atoms with Crippen LogP contribution in [0.3, 0.4) is 0 Å². The summed E-state index contributed by atoms with van der Waals surface area (Å²) in [6.07, 6.45) is 2.91. The lowest BCUT2D eigenvalue weighted by Crippen LogP contribution is -2.51. The highest BCUT2D eigenvalue weighted by Crippen LogP contribution is 2.10. The van der Waals surface area contributed by atoms with Crippen molar-refractivity contribution >= 4 is 24.0 Å². The topological polar surface area (TPSA) is 102 Å². The zero-order valence-corrected chi connectivity index (χ0v) is 15.9. The first-order valence-electron chi connectivity index (χ1n) is 9.03. The number of carbonyl (C=O) groups excluding carboxylic acids is 3. The van der Waals surface area contributed by atoms with Crippen molar-refractivity contribution in [3.05, 3.63) is 59.5 Å². The van der Waals surface area contributed by atoms with Crippen LogP contribution in [0, 0.1) is 0 Å². The van der Waals surface area contributed by atoms with Gasteiger partial charge in [-0.15, -0.1) is 0 Å². The molecule has 9 heteroatoms. The van der Waals surface area contributed by atoms with E-state index in [9.17, 15) is 14.4 Å². The molecule has 29 heavy (non-hydrogen) atoms. The minimum atomic E-state index is -0.415. The Morgan fingerprint density at radius 2 is 1.76 bits per heavy atom. The van der Waals surface area contributed by atoms with Crippen molar-refractivity contribution in [1.29, 1.82) is 0 Å². The van der Waals surface area contributed by atoms with Crippen LogP contribution in [0.15, 0.2) is 52.2 Å². The van der Waals surface area contributed by atoms with Gasteiger partial charge in [0.15, 0.2) is 12.4 Å². The summed E-state index contributed by atoms with van der Waals surface area (Å²) in [4.78, 5) is 44.2. The molecule has 0 bridgehead atoms. The fraction of sp³-hybridized carbons (Fsp3) is 0.300. The van der Waals surface area contributed by atoms with Crippen LogP contribution in [0.2, 0.25) is 0 Å². The van der Waals surface area contributed by atoms with E-state index in [1.807, 2.05) is 0 Å². The third-order valence-electron chi connectivity index (χ3n) is 4.45. The maximum Gasteiger partial charge on any atom is 0.337 e. The molecular weight excluding hydrogens is 378 g/mol. The molecule has 152 valence electrons. The largest absolute Gasteiger partial charge is 0.465 e. The quantitative estimate of drug-likeness (QED) is 0.413. The number of oxime groups is 1. The van der Waals surface area contributed by atoms with Gasteiger partial charge in [0.2, 0.25) is 0 Å². The van der Waals surface area contributed by atoms with Crippen LogP contribution in [0.25, 0.3) is 0 Å². The monoisotopic (exact) mass is 399 g/mol. The lowest BCUT2D eigenvalue weighted by atomic mass is 10.1. The first kappa shape index (κ1) is 20.1. The van der Waals surface area contributed by atoms with Crippen LogP contribution in [0.1, 0.15) is 26.5 Å². The molecule has 1 aromatic carbocycles. The van der Waals surface area contributed by atoms with Gasteiger partial charge in [-0.25, -0.2) is 4.79 Å². The van der Waals surface area contributed by atoms with Gasteiger partial charge in [0.25, 0.3) is 11.8 Å². The van der Waals surface area contributed by atoms with Crippen molar-refractivity contribution in [1.82, 2.24) is 9.80 Å². The van der Waals surface area contributed by atoms with Crippen LogP contribution in [-0.2, 0) is 14.4 Å². The molecule has 1 fully saturated rings. The summed E-state index contributed by atoms with van der Waals surface area (Å²) in [5.74, 6) is -0.502. The predicted molar refractivity (Wildman–Crippen MR) is 103 cm³/mol. The van der Waals surface area contributed by atoms with Crippen molar-refractivity contribution in [2.24, 2.45) is 5.16 Å². The van der Waals surface area contributed by atoms with E-state index >= 15 is 0 Å². The number of piperazine rings is 1. The lowest BCUT2D eigenvalue weighted by Gasteiger charge is -2.34. The Morgan fingerprint density at radius 3 is 2.38 bits per heavy atom. The van der Waals surface area contributed by atoms with Crippen LogP contribution in [-0.4, -0.2) is 73.7 Å². The summed E-state index contributed by atoms with van der Waals surface area (Å²) >= 11 is 0. The molecule has 9 nitrogen and oxygen atoms in total. The molecule has 0 saturated carbocycles. The molecule has 0 atom stereocenters. The van der Waals surface area contributed by atoms with Crippen molar-refractivity contribution in [3.63, 3.8) is 0 Å². The number of hydrogen-bond acceptors (Lipinski definition) is 7. The molecule has 0 aliphatic carbocycles. The Hall–Kier alpha value is -3.62. The molecule has 0 spiro atoms. The summed E-state index contributed by atoms with van der Waals surface area (Å²) in [7, 11) is 1.32. The molecule has 1 aliphatic heterocycles. The van der Waals surface area contributed by atoms with Gasteiger partial charge in [-0.1, -0.05) is 17.3 Å². The van der Waals surface area contributed by atoms with Crippen molar-refractivity contribution in [3.8, 4) is 0 Å². The Morgan fingerprint density at radius 1 is 1.07 bits per heavy atom. The summed E-state index contributed by atoms with van der Waals surface area (Å²) in [6, 6.07) is 9.89. The Kier molecular flexibility index (Phi) is 6.62. The smallest absolute Gasteiger partial charge is 0.337 e. The molecule has 2 heterocycles. The first-order chi connectivity index (χ1) is 14.1. The number of amides is 2. The molecule has 0 N–H and O–H groups in total. The summed E-state index contributed by atoms with van der Waals surface area (Å²) in [6.45, 7) is 1.52. The van der Waals surface area contributed by atoms with Crippen molar-refractivity contribution in [2.45, 2.75) is 0 Å². The predicted octanol–water partition coefficient (Wildman–Crippen LogP) is 1.40. The summed E-state index contributed by atoms with van der Waals surface area (Å²) < 4.78 is 9.75. The second kappa shape index (κ2) is 9.54. The first-order valence-corrected chi connectivity index (χ1v) is 9.03. The van der Waals surface area contributed by atoms with E-state index in [4.69, 9.17) is 9.25 Å². The number of hydrogen-bond donors (Lipinski definition) is 0. The second-order valence-corrected chi connectivity index (χ2v) is 6.27. The summed E-state index contributed by atoms with van der Waals surface area (Å²) in [5, 5.41) is 3.78. The number of carbonyl (C=O) groups is 3. The number of methoxy groups -OCH3 is 1.